The number of hydrogen-bond donors (Lipinski definition) is 2. The number of nitrogens with one attached hydrogen (secondary N) is 1. The summed E-state index contributed by atoms with van der Waals surface area (Å²) < 4.78 is 5.78. The van der Waals surface area contributed by atoms with Gasteiger partial charge < -0.3 is 19.7 Å². The Kier molecular flexibility index (Phi) is 5.01. The van der Waals surface area contributed by atoms with Crippen LogP contribution in [0.2, 0.25) is 0 Å². The van der Waals surface area contributed by atoms with Gasteiger partial charge in [-0.05, 0) is 19.4 Å². The molecule has 24 heavy (non-hydrogen) atoms. The molecule has 3 unspecified atom stereocenters. The maximum absolute atomic E-state index is 12.5. The summed E-state index contributed by atoms with van der Waals surface area (Å²) in [6.45, 7) is 4.64. The third-order valence-corrected chi connectivity index (χ3v) is 5.66. The maximum Gasteiger partial charge on any atom is 0.353 e. The van der Waals surface area contributed by atoms with E-state index in [2.05, 4.69) is 11.9 Å². The fraction of sp³-hybridized carbons (Fsp3) is 0.529. The summed E-state index contributed by atoms with van der Waals surface area (Å²) in [4.78, 5) is 30.3. The van der Waals surface area contributed by atoms with Gasteiger partial charge in [-0.15, -0.1) is 0 Å². The Bertz CT molecular complexity index is 656. The minimum absolute atomic E-state index is 0.0957. The van der Waals surface area contributed by atoms with Gasteiger partial charge in [0.25, 0.3) is 0 Å². The number of hydrogen-bond acceptors (Lipinski definition) is 4. The van der Waals surface area contributed by atoms with Crippen molar-refractivity contribution in [3.05, 3.63) is 29.1 Å². The van der Waals surface area contributed by atoms with Gasteiger partial charge in [-0.2, -0.15) is 0 Å². The van der Waals surface area contributed by atoms with E-state index in [0.717, 1.165) is 22.6 Å². The lowest BCUT2D eigenvalue weighted by Crippen LogP contribution is -2.62. The van der Waals surface area contributed by atoms with Crippen LogP contribution in [0.4, 0.5) is 0 Å². The largest absolute Gasteiger partial charge is 0.477 e. The minimum atomic E-state index is -1.04. The van der Waals surface area contributed by atoms with Gasteiger partial charge >= 0.3 is 5.97 Å². The zero-order valence-electron chi connectivity index (χ0n) is 13.8. The predicted octanol–water partition coefficient (Wildman–Crippen LogP) is 2.84. The van der Waals surface area contributed by atoms with Crippen molar-refractivity contribution < 1.29 is 19.4 Å². The number of H-pyrrole nitrogens is 1. The molecule has 1 aromatic heterocycles. The number of carbonyl (C=O) groups is 2. The smallest absolute Gasteiger partial charge is 0.353 e. The van der Waals surface area contributed by atoms with E-state index in [-0.39, 0.29) is 29.7 Å². The van der Waals surface area contributed by atoms with Crippen LogP contribution in [0.3, 0.4) is 0 Å². The number of aromatic nitrogens is 1. The van der Waals surface area contributed by atoms with Gasteiger partial charge in [0, 0.05) is 35.2 Å². The van der Waals surface area contributed by atoms with Crippen LogP contribution in [0.5, 0.6) is 0 Å². The molecule has 3 atom stereocenters. The number of ether oxygens (including phenoxy) is 1. The Hall–Kier alpha value is -1.73. The van der Waals surface area contributed by atoms with Crippen molar-refractivity contribution >= 4 is 23.6 Å². The number of β-lactam (4-membered cyclic amide) rings is 1. The molecule has 1 aromatic rings. The van der Waals surface area contributed by atoms with Gasteiger partial charge in [0.2, 0.25) is 5.91 Å². The van der Waals surface area contributed by atoms with Gasteiger partial charge in [0.15, 0.2) is 0 Å². The Balaban J connectivity index is 1.73. The summed E-state index contributed by atoms with van der Waals surface area (Å²) in [5.41, 5.74) is 0.133. The van der Waals surface area contributed by atoms with Crippen LogP contribution in [-0.2, 0) is 14.3 Å². The van der Waals surface area contributed by atoms with E-state index in [1.165, 1.54) is 16.7 Å². The van der Waals surface area contributed by atoms with Gasteiger partial charge in [0.1, 0.15) is 5.70 Å². The van der Waals surface area contributed by atoms with E-state index in [9.17, 15) is 14.7 Å². The number of nitrogens with zero attached hydrogens (tertiary/aromatic N) is 1. The zero-order chi connectivity index (χ0) is 17.3. The third-order valence-electron chi connectivity index (χ3n) is 4.57. The average molecular weight is 350 g/mol. The summed E-state index contributed by atoms with van der Waals surface area (Å²) in [6.07, 6.45) is 6.02. The molecule has 2 N–H and O–H groups in total. The highest BCUT2D eigenvalue weighted by Crippen LogP contribution is 2.48. The van der Waals surface area contributed by atoms with E-state index in [4.69, 9.17) is 4.74 Å². The summed E-state index contributed by atoms with van der Waals surface area (Å²) in [6, 6.07) is 1.80. The first-order valence-corrected chi connectivity index (χ1v) is 9.08. The molecule has 3 heterocycles. The number of unbranched alkanes of at least 4 members (excludes halogenated alkanes) is 1. The molecule has 2 aliphatic rings. The minimum Gasteiger partial charge on any atom is -0.477 e. The highest BCUT2D eigenvalue weighted by molar-refractivity contribution is 8.03. The first-order chi connectivity index (χ1) is 11.5. The van der Waals surface area contributed by atoms with Crippen molar-refractivity contribution in [3.8, 4) is 0 Å². The van der Waals surface area contributed by atoms with Crippen molar-refractivity contribution in [3.63, 3.8) is 0 Å². The standard InChI is InChI=1S/C17H22N2O4S/c1-3-4-7-23-10(2)14-12-8-13(24-11-5-6-18-9-11)15(17(21)22)19(12)16(14)20/h5-6,9-10,12,14,18H,3-4,7-8H2,1-2H3,(H,21,22). The number of aliphatic carboxylic acids is 1. The van der Waals surface area contributed by atoms with Crippen molar-refractivity contribution in [2.75, 3.05) is 6.61 Å². The SMILES string of the molecule is CCCCOC(C)C1C(=O)N2C(C(=O)O)=C(Sc3cc[nH]c3)CC12. The van der Waals surface area contributed by atoms with Crippen LogP contribution >= 0.6 is 11.8 Å². The fourth-order valence-corrected chi connectivity index (χ4v) is 4.42. The van der Waals surface area contributed by atoms with Crippen LogP contribution in [0, 0.1) is 5.92 Å². The van der Waals surface area contributed by atoms with Gasteiger partial charge in [-0.1, -0.05) is 25.1 Å². The molecule has 0 saturated carbocycles. The normalized spacial score (nSPS) is 24.1. The molecule has 3 rings (SSSR count). The van der Waals surface area contributed by atoms with E-state index < -0.39 is 5.97 Å². The first-order valence-electron chi connectivity index (χ1n) is 8.26. The molecule has 1 fully saturated rings. The quantitative estimate of drug-likeness (QED) is 0.556. The lowest BCUT2D eigenvalue weighted by atomic mass is 9.83. The summed E-state index contributed by atoms with van der Waals surface area (Å²) in [7, 11) is 0. The van der Waals surface area contributed by atoms with Crippen molar-refractivity contribution in [1.82, 2.24) is 9.88 Å². The van der Waals surface area contributed by atoms with Gasteiger partial charge in [-0.3, -0.25) is 4.79 Å². The van der Waals surface area contributed by atoms with Crippen LogP contribution in [0.15, 0.2) is 34.0 Å². The molecular formula is C17H22N2O4S. The molecule has 0 aliphatic carbocycles. The second-order valence-electron chi connectivity index (χ2n) is 6.16. The Morgan fingerprint density at radius 1 is 1.58 bits per heavy atom. The maximum atomic E-state index is 12.5. The average Bonchev–Trinajstić information content (AvgIpc) is 3.14. The Labute approximate surface area is 145 Å². The molecule has 0 aromatic carbocycles. The molecule has 1 amide bonds. The number of carbonyl (C=O) groups excluding carboxylic acids is 1. The number of carboxylic acids is 1. The topological polar surface area (TPSA) is 82.6 Å². The van der Waals surface area contributed by atoms with Crippen LogP contribution in [-0.4, -0.2) is 45.6 Å². The predicted molar refractivity (Wildman–Crippen MR) is 90.4 cm³/mol. The molecule has 0 radical (unpaired) electrons. The molecule has 130 valence electrons. The highest BCUT2D eigenvalue weighted by Gasteiger charge is 2.57. The van der Waals surface area contributed by atoms with Crippen molar-refractivity contribution in [2.45, 2.75) is 50.2 Å². The second kappa shape index (κ2) is 7.03. The number of rotatable bonds is 8. The lowest BCUT2D eigenvalue weighted by molar-refractivity contribution is -0.164. The molecule has 1 saturated heterocycles. The summed E-state index contributed by atoms with van der Waals surface area (Å²) >= 11 is 1.41. The van der Waals surface area contributed by atoms with Crippen LogP contribution in [0.1, 0.15) is 33.1 Å². The number of carboxylic acid groups (broad SMARTS) is 1. The Morgan fingerprint density at radius 3 is 3.00 bits per heavy atom. The molecule has 0 spiro atoms. The number of aromatic amines is 1. The van der Waals surface area contributed by atoms with Crippen LogP contribution < -0.4 is 0 Å². The monoisotopic (exact) mass is 350 g/mol. The van der Waals surface area contributed by atoms with Crippen molar-refractivity contribution in [2.24, 2.45) is 5.92 Å². The molecule has 6 nitrogen and oxygen atoms in total. The van der Waals surface area contributed by atoms with E-state index in [1.807, 2.05) is 19.2 Å². The molecule has 0 bridgehead atoms. The second-order valence-corrected chi connectivity index (χ2v) is 7.33. The molecule has 2 aliphatic heterocycles. The van der Waals surface area contributed by atoms with E-state index in [0.29, 0.717) is 13.0 Å². The Morgan fingerprint density at radius 2 is 2.38 bits per heavy atom. The summed E-state index contributed by atoms with van der Waals surface area (Å²) in [5, 5.41) is 9.55. The first kappa shape index (κ1) is 17.1. The van der Waals surface area contributed by atoms with Gasteiger partial charge in [-0.25, -0.2) is 4.79 Å². The fourth-order valence-electron chi connectivity index (χ4n) is 3.34. The van der Waals surface area contributed by atoms with E-state index >= 15 is 0 Å². The summed E-state index contributed by atoms with van der Waals surface area (Å²) in [5.74, 6) is -1.42. The molecule has 7 heteroatoms. The number of fused-ring (bicyclic) bond motifs is 1. The lowest BCUT2D eigenvalue weighted by Gasteiger charge is -2.45. The number of amides is 1. The molecular weight excluding hydrogens is 328 g/mol. The number of thioether (sulfide) groups is 1. The van der Waals surface area contributed by atoms with Gasteiger partial charge in [0.05, 0.1) is 18.1 Å². The third kappa shape index (κ3) is 2.98. The van der Waals surface area contributed by atoms with Crippen LogP contribution in [0.25, 0.3) is 0 Å². The highest BCUT2D eigenvalue weighted by atomic mass is 32.2. The van der Waals surface area contributed by atoms with Crippen molar-refractivity contribution in [1.29, 1.82) is 0 Å². The zero-order valence-corrected chi connectivity index (χ0v) is 14.6. The van der Waals surface area contributed by atoms with E-state index in [1.54, 1.807) is 6.20 Å².